The second-order valence-electron chi connectivity index (χ2n) is 7.00. The van der Waals surface area contributed by atoms with Gasteiger partial charge in [0.25, 0.3) is 0 Å². The van der Waals surface area contributed by atoms with E-state index in [9.17, 15) is 0 Å². The second kappa shape index (κ2) is 7.37. The van der Waals surface area contributed by atoms with Gasteiger partial charge in [0.15, 0.2) is 0 Å². The first-order chi connectivity index (χ1) is 12.2. The van der Waals surface area contributed by atoms with Crippen LogP contribution in [0.4, 0.5) is 5.95 Å². The molecule has 0 amide bonds. The number of rotatable bonds is 6. The summed E-state index contributed by atoms with van der Waals surface area (Å²) >= 11 is 1.68. The second-order valence-corrected chi connectivity index (χ2v) is 7.95. The van der Waals surface area contributed by atoms with Gasteiger partial charge >= 0.3 is 0 Å². The molecule has 0 aliphatic carbocycles. The highest BCUT2D eigenvalue weighted by Gasteiger charge is 2.47. The zero-order chi connectivity index (χ0) is 17.2. The van der Waals surface area contributed by atoms with Gasteiger partial charge < -0.3 is 20.1 Å². The van der Waals surface area contributed by atoms with Crippen molar-refractivity contribution in [3.8, 4) is 10.6 Å². The molecule has 4 rings (SSSR count). The van der Waals surface area contributed by atoms with Gasteiger partial charge in [0.2, 0.25) is 5.95 Å². The Labute approximate surface area is 152 Å². The number of aromatic nitrogens is 2. The minimum absolute atomic E-state index is 0.0404. The molecular formula is C18H24N4O2S. The van der Waals surface area contributed by atoms with E-state index in [2.05, 4.69) is 45.9 Å². The maximum Gasteiger partial charge on any atom is 0.223 e. The van der Waals surface area contributed by atoms with Crippen LogP contribution in [0.1, 0.15) is 13.8 Å². The van der Waals surface area contributed by atoms with Crippen molar-refractivity contribution in [2.24, 2.45) is 5.92 Å². The number of thiophene rings is 1. The van der Waals surface area contributed by atoms with Crippen molar-refractivity contribution in [1.29, 1.82) is 0 Å². The van der Waals surface area contributed by atoms with E-state index in [0.29, 0.717) is 25.1 Å². The van der Waals surface area contributed by atoms with E-state index < -0.39 is 0 Å². The van der Waals surface area contributed by atoms with Crippen molar-refractivity contribution < 1.29 is 9.47 Å². The standard InChI is InChI=1S/C18H24N4O2S/c1-11(2)8-20-13-9-23-17-14(10-24-16(13)17)22-18-19-6-5-12(21-18)15-4-3-7-25-15/h3-7,11,13-14,16-17,20H,8-10H2,1-2H3,(H,19,21,22)/t13-,14-,16+,17+/m0/s1. The van der Waals surface area contributed by atoms with Gasteiger partial charge in [-0.15, -0.1) is 11.3 Å². The van der Waals surface area contributed by atoms with Gasteiger partial charge in [-0.3, -0.25) is 0 Å². The number of nitrogens with one attached hydrogen (secondary N) is 2. The van der Waals surface area contributed by atoms with Crippen LogP contribution in [0.3, 0.4) is 0 Å². The van der Waals surface area contributed by atoms with E-state index in [1.54, 1.807) is 17.5 Å². The highest BCUT2D eigenvalue weighted by atomic mass is 32.1. The molecule has 2 aliphatic heterocycles. The Morgan fingerprint density at radius 1 is 1.20 bits per heavy atom. The van der Waals surface area contributed by atoms with Gasteiger partial charge in [-0.25, -0.2) is 9.97 Å². The van der Waals surface area contributed by atoms with Crippen molar-refractivity contribution in [2.75, 3.05) is 25.1 Å². The Hall–Kier alpha value is -1.54. The maximum absolute atomic E-state index is 6.01. The lowest BCUT2D eigenvalue weighted by atomic mass is 10.1. The summed E-state index contributed by atoms with van der Waals surface area (Å²) in [7, 11) is 0. The van der Waals surface area contributed by atoms with Crippen LogP contribution in [0.15, 0.2) is 29.8 Å². The molecular weight excluding hydrogens is 336 g/mol. The van der Waals surface area contributed by atoms with Gasteiger partial charge in [-0.2, -0.15) is 0 Å². The summed E-state index contributed by atoms with van der Waals surface area (Å²) in [5.74, 6) is 1.24. The average molecular weight is 360 g/mol. The molecule has 6 nitrogen and oxygen atoms in total. The minimum Gasteiger partial charge on any atom is -0.371 e. The molecule has 2 aromatic rings. The largest absolute Gasteiger partial charge is 0.371 e. The smallest absolute Gasteiger partial charge is 0.223 e. The van der Waals surface area contributed by atoms with E-state index in [4.69, 9.17) is 9.47 Å². The lowest BCUT2D eigenvalue weighted by Crippen LogP contribution is -2.43. The molecule has 4 atom stereocenters. The monoisotopic (exact) mass is 360 g/mol. The predicted molar refractivity (Wildman–Crippen MR) is 98.9 cm³/mol. The quantitative estimate of drug-likeness (QED) is 0.824. The van der Waals surface area contributed by atoms with Crippen molar-refractivity contribution >= 4 is 17.3 Å². The first-order valence-corrected chi connectivity index (χ1v) is 9.68. The number of ether oxygens (including phenoxy) is 2. The fraction of sp³-hybridized carbons (Fsp3) is 0.556. The summed E-state index contributed by atoms with van der Waals surface area (Å²) in [6.45, 7) is 6.69. The molecule has 2 saturated heterocycles. The number of anilines is 1. The molecule has 7 heteroatoms. The van der Waals surface area contributed by atoms with Crippen molar-refractivity contribution in [1.82, 2.24) is 15.3 Å². The van der Waals surface area contributed by atoms with E-state index in [1.165, 1.54) is 0 Å². The molecule has 0 saturated carbocycles. The molecule has 2 aliphatic rings. The van der Waals surface area contributed by atoms with E-state index in [0.717, 1.165) is 17.1 Å². The molecule has 4 heterocycles. The Morgan fingerprint density at radius 3 is 2.76 bits per heavy atom. The van der Waals surface area contributed by atoms with E-state index in [-0.39, 0.29) is 24.3 Å². The first kappa shape index (κ1) is 16.9. The molecule has 25 heavy (non-hydrogen) atoms. The van der Waals surface area contributed by atoms with Crippen LogP contribution in [0.5, 0.6) is 0 Å². The Morgan fingerprint density at radius 2 is 2.00 bits per heavy atom. The van der Waals surface area contributed by atoms with Crippen LogP contribution in [0.25, 0.3) is 10.6 Å². The zero-order valence-electron chi connectivity index (χ0n) is 14.5. The van der Waals surface area contributed by atoms with Crippen LogP contribution in [0.2, 0.25) is 0 Å². The Kier molecular flexibility index (Phi) is 4.98. The highest BCUT2D eigenvalue weighted by molar-refractivity contribution is 7.13. The summed E-state index contributed by atoms with van der Waals surface area (Å²) in [5.41, 5.74) is 0.937. The number of nitrogens with zero attached hydrogens (tertiary/aromatic N) is 2. The fourth-order valence-electron chi connectivity index (χ4n) is 3.34. The summed E-state index contributed by atoms with van der Waals surface area (Å²) in [6.07, 6.45) is 1.93. The van der Waals surface area contributed by atoms with Crippen molar-refractivity contribution in [2.45, 2.75) is 38.1 Å². The van der Waals surface area contributed by atoms with E-state index in [1.807, 2.05) is 12.1 Å². The van der Waals surface area contributed by atoms with Crippen molar-refractivity contribution in [3.05, 3.63) is 29.8 Å². The molecule has 0 unspecified atom stereocenters. The molecule has 0 spiro atoms. The number of fused-ring (bicyclic) bond motifs is 1. The molecule has 0 aromatic carbocycles. The first-order valence-electron chi connectivity index (χ1n) is 8.81. The molecule has 134 valence electrons. The summed E-state index contributed by atoms with van der Waals surface area (Å²) in [6, 6.07) is 6.37. The van der Waals surface area contributed by atoms with Gasteiger partial charge in [0.1, 0.15) is 12.2 Å². The lowest BCUT2D eigenvalue weighted by Gasteiger charge is -2.19. The van der Waals surface area contributed by atoms with Gasteiger partial charge in [-0.05, 0) is 30.0 Å². The van der Waals surface area contributed by atoms with Gasteiger partial charge in [-0.1, -0.05) is 19.9 Å². The summed E-state index contributed by atoms with van der Waals surface area (Å²) in [4.78, 5) is 10.1. The third-order valence-electron chi connectivity index (χ3n) is 4.59. The third kappa shape index (κ3) is 3.69. The van der Waals surface area contributed by atoms with Crippen LogP contribution in [-0.4, -0.2) is 54.0 Å². The fourth-order valence-corrected chi connectivity index (χ4v) is 4.04. The maximum atomic E-state index is 6.01. The molecule has 0 radical (unpaired) electrons. The number of hydrogen-bond acceptors (Lipinski definition) is 7. The van der Waals surface area contributed by atoms with Crippen LogP contribution in [0, 0.1) is 5.92 Å². The highest BCUT2D eigenvalue weighted by Crippen LogP contribution is 2.29. The predicted octanol–water partition coefficient (Wildman–Crippen LogP) is 2.40. The van der Waals surface area contributed by atoms with Crippen LogP contribution >= 0.6 is 11.3 Å². The van der Waals surface area contributed by atoms with Gasteiger partial charge in [0.05, 0.1) is 35.9 Å². The lowest BCUT2D eigenvalue weighted by molar-refractivity contribution is 0.0674. The average Bonchev–Trinajstić information content (AvgIpc) is 3.33. The van der Waals surface area contributed by atoms with Crippen LogP contribution < -0.4 is 10.6 Å². The van der Waals surface area contributed by atoms with Gasteiger partial charge in [0, 0.05) is 6.20 Å². The Balaban J connectivity index is 1.40. The summed E-state index contributed by atoms with van der Waals surface area (Å²) in [5, 5.41) is 9.01. The van der Waals surface area contributed by atoms with E-state index >= 15 is 0 Å². The number of hydrogen-bond donors (Lipinski definition) is 2. The zero-order valence-corrected chi connectivity index (χ0v) is 15.3. The normalized spacial score (nSPS) is 28.4. The molecule has 2 N–H and O–H groups in total. The summed E-state index contributed by atoms with van der Waals surface area (Å²) < 4.78 is 12.0. The minimum atomic E-state index is 0.0404. The molecule has 0 bridgehead atoms. The molecule has 2 fully saturated rings. The van der Waals surface area contributed by atoms with Crippen molar-refractivity contribution in [3.63, 3.8) is 0 Å². The Bertz CT molecular complexity index is 694. The SMILES string of the molecule is CC(C)CN[C@H]1CO[C@H]2[C@@H]1OC[C@@H]2Nc1nccc(-c2cccs2)n1. The van der Waals surface area contributed by atoms with Crippen LogP contribution in [-0.2, 0) is 9.47 Å². The molecule has 2 aromatic heterocycles. The third-order valence-corrected chi connectivity index (χ3v) is 5.48. The topological polar surface area (TPSA) is 68.3 Å².